The first kappa shape index (κ1) is 9.63. The molecule has 0 heterocycles. The second kappa shape index (κ2) is 4.45. The fourth-order valence-electron chi connectivity index (χ4n) is 0.802. The summed E-state index contributed by atoms with van der Waals surface area (Å²) < 4.78 is 0. The van der Waals surface area contributed by atoms with Gasteiger partial charge in [0.25, 0.3) is 0 Å². The van der Waals surface area contributed by atoms with Gasteiger partial charge in [0.2, 0.25) is 0 Å². The van der Waals surface area contributed by atoms with Gasteiger partial charge in [-0.25, -0.2) is 0 Å². The zero-order valence-corrected chi connectivity index (χ0v) is 7.88. The highest BCUT2D eigenvalue weighted by molar-refractivity contribution is 7.80. The molecule has 2 heteroatoms. The maximum absolute atomic E-state index is 4.91. The fraction of sp³-hybridized carbons (Fsp3) is 0.625. The van der Waals surface area contributed by atoms with Gasteiger partial charge in [-0.05, 0) is 33.8 Å². The molecule has 10 heavy (non-hydrogen) atoms. The van der Waals surface area contributed by atoms with Crippen LogP contribution in [0.3, 0.4) is 0 Å². The number of allylic oxidation sites excluding steroid dienone is 2. The van der Waals surface area contributed by atoms with Gasteiger partial charge in [-0.1, -0.05) is 12.2 Å². The highest BCUT2D eigenvalue weighted by Gasteiger charge is 1.91. The normalized spacial score (nSPS) is 11.9. The molecule has 58 valence electrons. The number of nitrogens with one attached hydrogen (secondary N) is 1. The first-order chi connectivity index (χ1) is 4.52. The van der Waals surface area contributed by atoms with Crippen molar-refractivity contribution in [1.82, 2.24) is 5.32 Å². The molecular formula is C8H15NS. The van der Waals surface area contributed by atoms with Gasteiger partial charge < -0.3 is 5.32 Å². The number of rotatable bonds is 3. The first-order valence-corrected chi connectivity index (χ1v) is 3.88. The maximum atomic E-state index is 4.91. The second-order valence-electron chi connectivity index (χ2n) is 2.74. The van der Waals surface area contributed by atoms with E-state index >= 15 is 0 Å². The number of hydrogen-bond acceptors (Lipinski definition) is 2. The van der Waals surface area contributed by atoms with Crippen molar-refractivity contribution >= 4 is 17.1 Å². The van der Waals surface area contributed by atoms with Crippen LogP contribution >= 0.6 is 12.2 Å². The van der Waals surface area contributed by atoms with Gasteiger partial charge in [0.15, 0.2) is 0 Å². The Balaban J connectivity index is 3.83. The molecule has 1 N–H and O–H groups in total. The van der Waals surface area contributed by atoms with Crippen molar-refractivity contribution in [3.63, 3.8) is 0 Å². The fourth-order valence-corrected chi connectivity index (χ4v) is 0.979. The Labute approximate surface area is 68.5 Å². The summed E-state index contributed by atoms with van der Waals surface area (Å²) >= 11 is 4.91. The van der Waals surface area contributed by atoms with Crippen LogP contribution in [0.25, 0.3) is 0 Å². The van der Waals surface area contributed by atoms with Crippen LogP contribution in [0.5, 0.6) is 0 Å². The Bertz CT molecular complexity index is 147. The third-order valence-corrected chi connectivity index (χ3v) is 1.05. The van der Waals surface area contributed by atoms with Crippen LogP contribution < -0.4 is 5.32 Å². The van der Waals surface area contributed by atoms with E-state index in [2.05, 4.69) is 19.2 Å². The van der Waals surface area contributed by atoms with E-state index in [-0.39, 0.29) is 0 Å². The van der Waals surface area contributed by atoms with E-state index in [1.165, 1.54) is 0 Å². The van der Waals surface area contributed by atoms with Gasteiger partial charge in [0.1, 0.15) is 0 Å². The predicted octanol–water partition coefficient (Wildman–Crippen LogP) is 2.28. The molecule has 0 aromatic heterocycles. The molecule has 0 aliphatic carbocycles. The molecule has 0 bridgehead atoms. The van der Waals surface area contributed by atoms with E-state index in [1.807, 2.05) is 19.9 Å². The molecule has 0 rings (SSSR count). The van der Waals surface area contributed by atoms with E-state index in [9.17, 15) is 0 Å². The van der Waals surface area contributed by atoms with Gasteiger partial charge in [-0.2, -0.15) is 0 Å². The lowest BCUT2D eigenvalue weighted by Crippen LogP contribution is -2.20. The minimum atomic E-state index is 0.491. The minimum Gasteiger partial charge on any atom is -0.386 e. The van der Waals surface area contributed by atoms with E-state index < -0.39 is 0 Å². The molecule has 0 aliphatic heterocycles. The number of thiocarbonyl (C=S) groups is 1. The van der Waals surface area contributed by atoms with Crippen LogP contribution in [0.2, 0.25) is 0 Å². The lowest BCUT2D eigenvalue weighted by molar-refractivity contribution is 0.670. The van der Waals surface area contributed by atoms with Crippen LogP contribution in [0.4, 0.5) is 0 Å². The van der Waals surface area contributed by atoms with Crippen LogP contribution in [-0.4, -0.2) is 10.9 Å². The largest absolute Gasteiger partial charge is 0.386 e. The van der Waals surface area contributed by atoms with Crippen LogP contribution in [-0.2, 0) is 0 Å². The van der Waals surface area contributed by atoms with Gasteiger partial charge in [0, 0.05) is 16.6 Å². The zero-order valence-electron chi connectivity index (χ0n) is 7.06. The molecule has 0 saturated carbocycles. The smallest absolute Gasteiger partial charge is 0.0201 e. The van der Waals surface area contributed by atoms with E-state index in [0.29, 0.717) is 6.04 Å². The Morgan fingerprint density at radius 3 is 2.20 bits per heavy atom. The third kappa shape index (κ3) is 5.76. The van der Waals surface area contributed by atoms with Gasteiger partial charge >= 0.3 is 0 Å². The van der Waals surface area contributed by atoms with E-state index in [1.54, 1.807) is 0 Å². The summed E-state index contributed by atoms with van der Waals surface area (Å²) in [5.74, 6) is 0. The molecule has 0 spiro atoms. The molecule has 0 radical (unpaired) electrons. The monoisotopic (exact) mass is 157 g/mol. The third-order valence-electron chi connectivity index (χ3n) is 0.936. The maximum Gasteiger partial charge on any atom is 0.0201 e. The van der Waals surface area contributed by atoms with Crippen molar-refractivity contribution < 1.29 is 0 Å². The minimum absolute atomic E-state index is 0.491. The van der Waals surface area contributed by atoms with Crippen LogP contribution in [0.1, 0.15) is 27.7 Å². The molecule has 0 atom stereocenters. The molecular weight excluding hydrogens is 142 g/mol. The SMILES string of the molecule is CC(=S)C=C(C)NC(C)C. The van der Waals surface area contributed by atoms with Crippen LogP contribution in [0.15, 0.2) is 11.8 Å². The number of hydrogen-bond donors (Lipinski definition) is 1. The predicted molar refractivity (Wildman–Crippen MR) is 50.3 cm³/mol. The molecule has 1 nitrogen and oxygen atoms in total. The summed E-state index contributed by atoms with van der Waals surface area (Å²) in [7, 11) is 0. The van der Waals surface area contributed by atoms with Gasteiger partial charge in [-0.3, -0.25) is 0 Å². The highest BCUT2D eigenvalue weighted by Crippen LogP contribution is 1.91. The summed E-state index contributed by atoms with van der Waals surface area (Å²) in [6.45, 7) is 8.16. The van der Waals surface area contributed by atoms with Crippen molar-refractivity contribution in [2.24, 2.45) is 0 Å². The lowest BCUT2D eigenvalue weighted by Gasteiger charge is -2.08. The Kier molecular flexibility index (Phi) is 4.28. The molecule has 0 aromatic rings. The molecule has 0 unspecified atom stereocenters. The quantitative estimate of drug-likeness (QED) is 0.498. The zero-order chi connectivity index (χ0) is 8.15. The standard InChI is InChI=1S/C8H15NS/c1-6(2)9-7(3)5-8(4)10/h5-6,9H,1-4H3. The van der Waals surface area contributed by atoms with Crippen molar-refractivity contribution in [2.75, 3.05) is 0 Å². The van der Waals surface area contributed by atoms with Crippen molar-refractivity contribution in [1.29, 1.82) is 0 Å². The van der Waals surface area contributed by atoms with Crippen LogP contribution in [0, 0.1) is 0 Å². The highest BCUT2D eigenvalue weighted by atomic mass is 32.1. The van der Waals surface area contributed by atoms with Gasteiger partial charge in [-0.15, -0.1) is 0 Å². The average molecular weight is 157 g/mol. The van der Waals surface area contributed by atoms with Crippen molar-refractivity contribution in [3.8, 4) is 0 Å². The molecule has 0 aliphatic rings. The topological polar surface area (TPSA) is 12.0 Å². The Hall–Kier alpha value is -0.370. The van der Waals surface area contributed by atoms with Gasteiger partial charge in [0.05, 0.1) is 0 Å². The molecule has 0 amide bonds. The Morgan fingerprint density at radius 1 is 1.40 bits per heavy atom. The van der Waals surface area contributed by atoms with E-state index in [0.717, 1.165) is 10.6 Å². The average Bonchev–Trinajstić information content (AvgIpc) is 1.58. The lowest BCUT2D eigenvalue weighted by atomic mass is 10.3. The summed E-state index contributed by atoms with van der Waals surface area (Å²) in [4.78, 5) is 0.922. The summed E-state index contributed by atoms with van der Waals surface area (Å²) in [5.41, 5.74) is 1.14. The molecule has 0 fully saturated rings. The Morgan fingerprint density at radius 2 is 1.90 bits per heavy atom. The van der Waals surface area contributed by atoms with Crippen molar-refractivity contribution in [3.05, 3.63) is 11.8 Å². The first-order valence-electron chi connectivity index (χ1n) is 3.47. The summed E-state index contributed by atoms with van der Waals surface area (Å²) in [6, 6.07) is 0.491. The molecule has 0 saturated heterocycles. The summed E-state index contributed by atoms with van der Waals surface area (Å²) in [5, 5.41) is 3.25. The molecule has 0 aromatic carbocycles. The summed E-state index contributed by atoms with van der Waals surface area (Å²) in [6.07, 6.45) is 1.97. The second-order valence-corrected chi connectivity index (χ2v) is 3.38. The van der Waals surface area contributed by atoms with Crippen molar-refractivity contribution in [2.45, 2.75) is 33.7 Å². The van der Waals surface area contributed by atoms with E-state index in [4.69, 9.17) is 12.2 Å².